The number of carboxylic acid groups (broad SMARTS) is 1. The molecule has 128 valence electrons. The molecule has 0 amide bonds. The highest BCUT2D eigenvalue weighted by atomic mass is 79.9. The Labute approximate surface area is 154 Å². The molecule has 0 unspecified atom stereocenters. The molecule has 0 bridgehead atoms. The minimum absolute atomic E-state index is 0.358. The Bertz CT molecular complexity index is 825. The maximum absolute atomic E-state index is 10.9. The van der Waals surface area contributed by atoms with Gasteiger partial charge in [0.2, 0.25) is 0 Å². The van der Waals surface area contributed by atoms with Gasteiger partial charge in [0.05, 0.1) is 22.6 Å². The zero-order valence-electron chi connectivity index (χ0n) is 13.5. The van der Waals surface area contributed by atoms with Gasteiger partial charge >= 0.3 is 0 Å². The van der Waals surface area contributed by atoms with Gasteiger partial charge in [0.1, 0.15) is 12.7 Å². The predicted octanol–water partition coefficient (Wildman–Crippen LogP) is 3.08. The summed E-state index contributed by atoms with van der Waals surface area (Å²) >= 11 is 3.41. The molecule has 2 aromatic rings. The molecule has 0 aliphatic rings. The Kier molecular flexibility index (Phi) is 6.61. The van der Waals surface area contributed by atoms with E-state index < -0.39 is 11.5 Å². The number of hydrogen-bond donors (Lipinski definition) is 0. The van der Waals surface area contributed by atoms with Crippen LogP contribution in [-0.4, -0.2) is 12.6 Å². The molecule has 0 aliphatic heterocycles. The van der Waals surface area contributed by atoms with E-state index in [2.05, 4.69) is 15.9 Å². The van der Waals surface area contributed by atoms with Gasteiger partial charge in [0, 0.05) is 0 Å². The number of aliphatic carboxylic acids is 1. The van der Waals surface area contributed by atoms with E-state index in [1.54, 1.807) is 18.2 Å². The van der Waals surface area contributed by atoms with E-state index in [4.69, 9.17) is 14.7 Å². The van der Waals surface area contributed by atoms with E-state index >= 15 is 0 Å². The van der Waals surface area contributed by atoms with Crippen LogP contribution in [0.4, 0.5) is 0 Å². The molecule has 0 radical (unpaired) electrons. The van der Waals surface area contributed by atoms with Gasteiger partial charge < -0.3 is 19.4 Å². The number of carboxylic acids is 1. The van der Waals surface area contributed by atoms with Crippen molar-refractivity contribution in [3.8, 4) is 17.6 Å². The minimum atomic E-state index is -1.53. The van der Waals surface area contributed by atoms with E-state index in [-0.39, 0.29) is 0 Å². The summed E-state index contributed by atoms with van der Waals surface area (Å²) in [6.07, 6.45) is 1.23. The summed E-state index contributed by atoms with van der Waals surface area (Å²) in [4.78, 5) is 10.9. The van der Waals surface area contributed by atoms with Crippen LogP contribution in [0.15, 0.2) is 52.5 Å². The molecule has 25 heavy (non-hydrogen) atoms. The van der Waals surface area contributed by atoms with E-state index in [1.807, 2.05) is 37.3 Å². The third-order valence-corrected chi connectivity index (χ3v) is 3.80. The average molecular weight is 401 g/mol. The third kappa shape index (κ3) is 5.10. The fourth-order valence-corrected chi connectivity index (χ4v) is 2.68. The third-order valence-electron chi connectivity index (χ3n) is 3.21. The number of hydrogen-bond acceptors (Lipinski definition) is 5. The molecule has 0 spiro atoms. The van der Waals surface area contributed by atoms with E-state index in [9.17, 15) is 9.90 Å². The van der Waals surface area contributed by atoms with Crippen molar-refractivity contribution in [2.24, 2.45) is 0 Å². The molecule has 0 atom stereocenters. The molecular formula is C19H15BrNO4-. The smallest absolute Gasteiger partial charge is 0.175 e. The zero-order valence-corrected chi connectivity index (χ0v) is 15.1. The van der Waals surface area contributed by atoms with Crippen LogP contribution < -0.4 is 14.6 Å². The lowest BCUT2D eigenvalue weighted by molar-refractivity contribution is -0.298. The first-order valence-electron chi connectivity index (χ1n) is 7.51. The minimum Gasteiger partial charge on any atom is -0.544 e. The summed E-state index contributed by atoms with van der Waals surface area (Å²) in [7, 11) is 0. The average Bonchev–Trinajstić information content (AvgIpc) is 2.60. The Hall–Kier alpha value is -2.78. The second-order valence-electron chi connectivity index (χ2n) is 4.99. The van der Waals surface area contributed by atoms with Crippen LogP contribution in [-0.2, 0) is 11.4 Å². The largest absolute Gasteiger partial charge is 0.544 e. The number of nitrogens with zero attached hydrogens (tertiary/aromatic N) is 1. The van der Waals surface area contributed by atoms with Gasteiger partial charge in [0.25, 0.3) is 0 Å². The van der Waals surface area contributed by atoms with Gasteiger partial charge in [-0.25, -0.2) is 0 Å². The highest BCUT2D eigenvalue weighted by molar-refractivity contribution is 9.10. The van der Waals surface area contributed by atoms with Crippen LogP contribution in [0.1, 0.15) is 18.1 Å². The quantitative estimate of drug-likeness (QED) is 0.526. The van der Waals surface area contributed by atoms with Gasteiger partial charge in [-0.15, -0.1) is 0 Å². The standard InChI is InChI=1S/C19H16BrNO4/c1-2-24-17-10-14(8-15(11-21)19(22)23)9-16(20)18(17)25-12-13-6-4-3-5-7-13/h3-10H,2,12H2,1H3,(H,22,23)/p-1/b15-8+. The Morgan fingerprint density at radius 2 is 2.00 bits per heavy atom. The number of carbonyl (C=O) groups is 1. The van der Waals surface area contributed by atoms with Gasteiger partial charge in [-0.3, -0.25) is 0 Å². The number of ether oxygens (including phenoxy) is 2. The summed E-state index contributed by atoms with van der Waals surface area (Å²) in [5, 5.41) is 19.7. The SMILES string of the molecule is CCOc1cc(/C=C(\C#N)C(=O)[O-])cc(Br)c1OCc1ccccc1. The van der Waals surface area contributed by atoms with E-state index in [0.29, 0.717) is 34.7 Å². The van der Waals surface area contributed by atoms with Gasteiger partial charge in [-0.05, 0) is 52.2 Å². The highest BCUT2D eigenvalue weighted by Crippen LogP contribution is 2.38. The fourth-order valence-electron chi connectivity index (χ4n) is 2.11. The van der Waals surface area contributed by atoms with Crippen LogP contribution >= 0.6 is 15.9 Å². The van der Waals surface area contributed by atoms with Crippen LogP contribution in [0.5, 0.6) is 11.5 Å². The summed E-state index contributed by atoms with van der Waals surface area (Å²) in [5.74, 6) is -0.564. The molecule has 0 saturated carbocycles. The summed E-state index contributed by atoms with van der Waals surface area (Å²) in [6.45, 7) is 2.60. The second kappa shape index (κ2) is 8.90. The molecule has 0 aliphatic carbocycles. The monoisotopic (exact) mass is 400 g/mol. The molecule has 0 aromatic heterocycles. The fraction of sp³-hybridized carbons (Fsp3) is 0.158. The molecule has 2 rings (SSSR count). The molecule has 0 saturated heterocycles. The number of carbonyl (C=O) groups excluding carboxylic acids is 1. The van der Waals surface area contributed by atoms with Crippen molar-refractivity contribution in [2.45, 2.75) is 13.5 Å². The molecule has 5 nitrogen and oxygen atoms in total. The van der Waals surface area contributed by atoms with E-state index in [0.717, 1.165) is 5.56 Å². The lowest BCUT2D eigenvalue weighted by Gasteiger charge is -2.15. The van der Waals surface area contributed by atoms with Gasteiger partial charge in [-0.2, -0.15) is 5.26 Å². The van der Waals surface area contributed by atoms with Crippen molar-refractivity contribution in [3.63, 3.8) is 0 Å². The highest BCUT2D eigenvalue weighted by Gasteiger charge is 2.12. The van der Waals surface area contributed by atoms with Crippen molar-refractivity contribution in [1.82, 2.24) is 0 Å². The Morgan fingerprint density at radius 3 is 2.60 bits per heavy atom. The predicted molar refractivity (Wildman–Crippen MR) is 94.7 cm³/mol. The Morgan fingerprint density at radius 1 is 1.28 bits per heavy atom. The molecule has 6 heteroatoms. The van der Waals surface area contributed by atoms with Crippen molar-refractivity contribution < 1.29 is 19.4 Å². The second-order valence-corrected chi connectivity index (χ2v) is 5.85. The lowest BCUT2D eigenvalue weighted by Crippen LogP contribution is -2.23. The van der Waals surface area contributed by atoms with Crippen molar-refractivity contribution in [1.29, 1.82) is 5.26 Å². The molecule has 0 N–H and O–H groups in total. The van der Waals surface area contributed by atoms with Crippen molar-refractivity contribution in [3.05, 3.63) is 63.6 Å². The normalized spacial score (nSPS) is 10.8. The molecule has 0 fully saturated rings. The van der Waals surface area contributed by atoms with Crippen LogP contribution in [0, 0.1) is 11.3 Å². The summed E-state index contributed by atoms with van der Waals surface area (Å²) < 4.78 is 12.0. The lowest BCUT2D eigenvalue weighted by atomic mass is 10.1. The molecular weight excluding hydrogens is 386 g/mol. The maximum Gasteiger partial charge on any atom is 0.175 e. The van der Waals surface area contributed by atoms with Crippen LogP contribution in [0.2, 0.25) is 0 Å². The number of rotatable bonds is 7. The molecule has 0 heterocycles. The first kappa shape index (κ1) is 18.6. The van der Waals surface area contributed by atoms with Crippen LogP contribution in [0.3, 0.4) is 0 Å². The van der Waals surface area contributed by atoms with Crippen molar-refractivity contribution in [2.75, 3.05) is 6.61 Å². The number of benzene rings is 2. The van der Waals surface area contributed by atoms with Gasteiger partial charge in [-0.1, -0.05) is 30.3 Å². The summed E-state index contributed by atoms with van der Waals surface area (Å²) in [5.41, 5.74) is 1.03. The molecule has 2 aromatic carbocycles. The number of nitriles is 1. The van der Waals surface area contributed by atoms with Gasteiger partial charge in [0.15, 0.2) is 11.5 Å². The topological polar surface area (TPSA) is 82.4 Å². The maximum atomic E-state index is 10.9. The zero-order chi connectivity index (χ0) is 18.2. The van der Waals surface area contributed by atoms with Crippen molar-refractivity contribution >= 4 is 28.0 Å². The summed E-state index contributed by atoms with van der Waals surface area (Å²) in [6, 6.07) is 14.5. The Balaban J connectivity index is 2.34. The first-order chi connectivity index (χ1) is 12.0. The first-order valence-corrected chi connectivity index (χ1v) is 8.30. The number of halogens is 1. The van der Waals surface area contributed by atoms with Crippen LogP contribution in [0.25, 0.3) is 6.08 Å². The van der Waals surface area contributed by atoms with E-state index in [1.165, 1.54) is 6.08 Å².